The van der Waals surface area contributed by atoms with E-state index in [9.17, 15) is 8.42 Å². The highest BCUT2D eigenvalue weighted by Crippen LogP contribution is 2.34. The van der Waals surface area contributed by atoms with Crippen LogP contribution < -0.4 is 4.74 Å². The monoisotopic (exact) mass is 262 g/mol. The molecule has 0 saturated carbocycles. The lowest BCUT2D eigenvalue weighted by Gasteiger charge is -2.05. The highest BCUT2D eigenvalue weighted by Gasteiger charge is 2.28. The number of rotatable bonds is 0. The van der Waals surface area contributed by atoms with E-state index in [1.54, 1.807) is 37.5 Å². The number of sulfone groups is 1. The van der Waals surface area contributed by atoms with Crippen molar-refractivity contribution in [1.82, 2.24) is 9.97 Å². The molecule has 0 aromatic carbocycles. The van der Waals surface area contributed by atoms with E-state index in [0.717, 1.165) is 5.56 Å². The van der Waals surface area contributed by atoms with Crippen molar-refractivity contribution in [2.75, 3.05) is 0 Å². The summed E-state index contributed by atoms with van der Waals surface area (Å²) in [4.78, 5) is 8.20. The van der Waals surface area contributed by atoms with E-state index < -0.39 is 9.84 Å². The Morgan fingerprint density at radius 3 is 2.94 bits per heavy atom. The minimum atomic E-state index is -3.44. The molecule has 0 saturated heterocycles. The number of pyridine rings is 2. The van der Waals surface area contributed by atoms with Crippen molar-refractivity contribution in [2.45, 2.75) is 17.6 Å². The van der Waals surface area contributed by atoms with E-state index in [2.05, 4.69) is 9.97 Å². The van der Waals surface area contributed by atoms with Crippen molar-refractivity contribution in [3.05, 3.63) is 41.7 Å². The van der Waals surface area contributed by atoms with Gasteiger partial charge >= 0.3 is 0 Å². The maximum absolute atomic E-state index is 12.3. The predicted octanol–water partition coefficient (Wildman–Crippen LogP) is 1.86. The normalized spacial score (nSPS) is 16.1. The van der Waals surface area contributed by atoms with Crippen LogP contribution in [-0.4, -0.2) is 18.4 Å². The summed E-state index contributed by atoms with van der Waals surface area (Å²) in [6, 6.07) is 4.95. The Balaban J connectivity index is 2.28. The Kier molecular flexibility index (Phi) is 2.34. The van der Waals surface area contributed by atoms with Gasteiger partial charge in [0.25, 0.3) is 0 Å². The second-order valence-corrected chi connectivity index (χ2v) is 6.10. The summed E-state index contributed by atoms with van der Waals surface area (Å²) >= 11 is 0. The van der Waals surface area contributed by atoms with Gasteiger partial charge in [0.1, 0.15) is 4.90 Å². The fraction of sp³-hybridized carbons (Fsp3) is 0.167. The fourth-order valence-corrected chi connectivity index (χ4v) is 3.34. The lowest BCUT2D eigenvalue weighted by molar-refractivity contribution is 0.430. The first-order chi connectivity index (χ1) is 8.56. The molecule has 0 spiro atoms. The van der Waals surface area contributed by atoms with Crippen molar-refractivity contribution in [2.24, 2.45) is 0 Å². The van der Waals surface area contributed by atoms with Gasteiger partial charge in [-0.3, -0.25) is 0 Å². The summed E-state index contributed by atoms with van der Waals surface area (Å²) in [7, 11) is -3.44. The van der Waals surface area contributed by atoms with Gasteiger partial charge in [-0.05, 0) is 24.6 Å². The largest absolute Gasteiger partial charge is 0.419 e. The Morgan fingerprint density at radius 1 is 1.28 bits per heavy atom. The number of ether oxygens (including phenoxy) is 1. The first-order valence-electron chi connectivity index (χ1n) is 5.37. The molecule has 92 valence electrons. The molecule has 0 unspecified atom stereocenters. The number of aromatic nitrogens is 2. The molecule has 6 heteroatoms. The fourth-order valence-electron chi connectivity index (χ4n) is 1.83. The third-order valence-electron chi connectivity index (χ3n) is 2.68. The third kappa shape index (κ3) is 1.74. The van der Waals surface area contributed by atoms with Gasteiger partial charge in [0.05, 0.1) is 5.75 Å². The summed E-state index contributed by atoms with van der Waals surface area (Å²) in [6.45, 7) is 1.79. The molecule has 18 heavy (non-hydrogen) atoms. The van der Waals surface area contributed by atoms with Crippen molar-refractivity contribution in [1.29, 1.82) is 0 Å². The van der Waals surface area contributed by atoms with Crippen molar-refractivity contribution in [3.8, 4) is 11.8 Å². The van der Waals surface area contributed by atoms with Crippen molar-refractivity contribution in [3.63, 3.8) is 0 Å². The summed E-state index contributed by atoms with van der Waals surface area (Å²) in [6.07, 6.45) is 3.13. The van der Waals surface area contributed by atoms with E-state index in [1.165, 1.54) is 0 Å². The maximum Gasteiger partial charge on any atom is 0.240 e. The van der Waals surface area contributed by atoms with E-state index >= 15 is 0 Å². The first-order valence-corrected chi connectivity index (χ1v) is 7.03. The van der Waals surface area contributed by atoms with Gasteiger partial charge in [-0.15, -0.1) is 0 Å². The Bertz CT molecular complexity index is 726. The maximum atomic E-state index is 12.3. The highest BCUT2D eigenvalue weighted by atomic mass is 32.2. The highest BCUT2D eigenvalue weighted by molar-refractivity contribution is 7.90. The molecular formula is C12H10N2O3S. The first kappa shape index (κ1) is 11.2. The van der Waals surface area contributed by atoms with E-state index in [-0.39, 0.29) is 16.5 Å². The lowest BCUT2D eigenvalue weighted by atomic mass is 10.3. The van der Waals surface area contributed by atoms with Crippen LogP contribution >= 0.6 is 0 Å². The zero-order valence-corrected chi connectivity index (χ0v) is 10.4. The van der Waals surface area contributed by atoms with Crippen LogP contribution in [0.3, 0.4) is 0 Å². The summed E-state index contributed by atoms with van der Waals surface area (Å²) in [5, 5.41) is 0. The molecule has 3 heterocycles. The second kappa shape index (κ2) is 3.78. The second-order valence-electron chi connectivity index (χ2n) is 4.14. The van der Waals surface area contributed by atoms with Gasteiger partial charge < -0.3 is 4.74 Å². The molecule has 0 bridgehead atoms. The van der Waals surface area contributed by atoms with Crippen molar-refractivity contribution >= 4 is 9.84 Å². The van der Waals surface area contributed by atoms with Gasteiger partial charge in [-0.2, -0.15) is 0 Å². The summed E-state index contributed by atoms with van der Waals surface area (Å²) in [5.74, 6) is 0.281. The quantitative estimate of drug-likeness (QED) is 0.725. The van der Waals surface area contributed by atoms with Crippen LogP contribution in [-0.2, 0) is 15.6 Å². The molecule has 3 rings (SSSR count). The summed E-state index contributed by atoms with van der Waals surface area (Å²) < 4.78 is 30.0. The van der Waals surface area contributed by atoms with Crippen LogP contribution in [0, 0.1) is 6.92 Å². The standard InChI is InChI=1S/C12H10N2O3S/c1-8-5-10-12(14-6-8)17-11-9(3-2-4-13-11)7-18(10,15)16/h2-6H,7H2,1H3. The molecular weight excluding hydrogens is 252 g/mol. The molecule has 1 aliphatic heterocycles. The Morgan fingerprint density at radius 2 is 2.11 bits per heavy atom. The zero-order chi connectivity index (χ0) is 12.8. The SMILES string of the molecule is Cc1cnc2c(c1)S(=O)(=O)Cc1cccnc1O2. The minimum absolute atomic E-state index is 0.0954. The number of aryl methyl sites for hydroxylation is 1. The van der Waals surface area contributed by atoms with Gasteiger partial charge in [-0.25, -0.2) is 18.4 Å². The van der Waals surface area contributed by atoms with Crippen molar-refractivity contribution < 1.29 is 13.2 Å². The molecule has 0 amide bonds. The van der Waals surface area contributed by atoms with Gasteiger partial charge in [0.15, 0.2) is 9.84 Å². The van der Waals surface area contributed by atoms with Crippen LogP contribution in [0.25, 0.3) is 0 Å². The zero-order valence-electron chi connectivity index (χ0n) is 9.62. The van der Waals surface area contributed by atoms with E-state index in [4.69, 9.17) is 4.74 Å². The van der Waals surface area contributed by atoms with E-state index in [1.807, 2.05) is 0 Å². The molecule has 0 fully saturated rings. The molecule has 0 radical (unpaired) electrons. The number of fused-ring (bicyclic) bond motifs is 2. The Hall–Kier alpha value is -1.95. The number of nitrogens with zero attached hydrogens (tertiary/aromatic N) is 2. The molecule has 2 aromatic heterocycles. The number of hydrogen-bond donors (Lipinski definition) is 0. The molecule has 5 nitrogen and oxygen atoms in total. The predicted molar refractivity (Wildman–Crippen MR) is 64.2 cm³/mol. The van der Waals surface area contributed by atoms with Crippen LogP contribution in [0.1, 0.15) is 11.1 Å². The average molecular weight is 262 g/mol. The molecule has 2 aromatic rings. The van der Waals surface area contributed by atoms with Crippen LogP contribution in [0.2, 0.25) is 0 Å². The van der Waals surface area contributed by atoms with E-state index in [0.29, 0.717) is 11.4 Å². The Labute approximate surface area is 104 Å². The minimum Gasteiger partial charge on any atom is -0.419 e. The van der Waals surface area contributed by atoms with Crippen LogP contribution in [0.4, 0.5) is 0 Å². The molecule has 0 aliphatic carbocycles. The average Bonchev–Trinajstić information content (AvgIpc) is 2.43. The third-order valence-corrected chi connectivity index (χ3v) is 4.33. The molecule has 0 N–H and O–H groups in total. The van der Waals surface area contributed by atoms with Gasteiger partial charge in [0.2, 0.25) is 11.8 Å². The lowest BCUT2D eigenvalue weighted by Crippen LogP contribution is -2.04. The summed E-state index contributed by atoms with van der Waals surface area (Å²) in [5.41, 5.74) is 1.33. The van der Waals surface area contributed by atoms with Gasteiger partial charge in [0, 0.05) is 18.0 Å². The smallest absolute Gasteiger partial charge is 0.240 e. The molecule has 1 aliphatic rings. The van der Waals surface area contributed by atoms with Crippen LogP contribution in [0.5, 0.6) is 11.8 Å². The number of hydrogen-bond acceptors (Lipinski definition) is 5. The van der Waals surface area contributed by atoms with Crippen LogP contribution in [0.15, 0.2) is 35.5 Å². The topological polar surface area (TPSA) is 69.2 Å². The molecule has 0 atom stereocenters. The van der Waals surface area contributed by atoms with Gasteiger partial charge in [-0.1, -0.05) is 6.07 Å².